The van der Waals surface area contributed by atoms with E-state index in [0.29, 0.717) is 12.5 Å². The summed E-state index contributed by atoms with van der Waals surface area (Å²) >= 11 is 0. The fourth-order valence-electron chi connectivity index (χ4n) is 1.94. The molecule has 0 saturated heterocycles. The lowest BCUT2D eigenvalue weighted by molar-refractivity contribution is 0.353. The largest absolute Gasteiger partial charge is 0.446 e. The molecule has 0 aromatic heterocycles. The zero-order chi connectivity index (χ0) is 8.39. The molecule has 0 unspecified atom stereocenters. The Morgan fingerprint density at radius 2 is 2.00 bits per heavy atom. The standard InChI is InChI=1S/C10H15NO/c1-8-7-11-10(12-8)9-5-3-2-4-6-9/h9H,1-7H2. The highest BCUT2D eigenvalue weighted by atomic mass is 16.5. The van der Waals surface area contributed by atoms with Crippen molar-refractivity contribution >= 4 is 5.90 Å². The van der Waals surface area contributed by atoms with E-state index in [4.69, 9.17) is 4.74 Å². The highest BCUT2D eigenvalue weighted by Gasteiger charge is 2.24. The summed E-state index contributed by atoms with van der Waals surface area (Å²) in [5.41, 5.74) is 0. The van der Waals surface area contributed by atoms with Gasteiger partial charge in [-0.3, -0.25) is 0 Å². The van der Waals surface area contributed by atoms with Crippen LogP contribution in [-0.2, 0) is 4.74 Å². The molecule has 1 heterocycles. The molecule has 66 valence electrons. The van der Waals surface area contributed by atoms with Gasteiger partial charge in [-0.2, -0.15) is 0 Å². The summed E-state index contributed by atoms with van der Waals surface area (Å²) in [6.45, 7) is 4.45. The highest BCUT2D eigenvalue weighted by molar-refractivity contribution is 5.81. The molecule has 0 bridgehead atoms. The van der Waals surface area contributed by atoms with Gasteiger partial charge in [-0.15, -0.1) is 0 Å². The van der Waals surface area contributed by atoms with Crippen molar-refractivity contribution in [2.24, 2.45) is 10.9 Å². The molecule has 0 atom stereocenters. The van der Waals surface area contributed by atoms with Crippen LogP contribution in [0.3, 0.4) is 0 Å². The van der Waals surface area contributed by atoms with Gasteiger partial charge in [-0.25, -0.2) is 4.99 Å². The van der Waals surface area contributed by atoms with Gasteiger partial charge in [0.1, 0.15) is 12.3 Å². The number of nitrogens with zero attached hydrogens (tertiary/aromatic N) is 1. The van der Waals surface area contributed by atoms with Crippen LogP contribution in [0.15, 0.2) is 17.3 Å². The lowest BCUT2D eigenvalue weighted by Gasteiger charge is -2.20. The van der Waals surface area contributed by atoms with Crippen molar-refractivity contribution in [1.82, 2.24) is 0 Å². The van der Waals surface area contributed by atoms with Crippen molar-refractivity contribution in [3.05, 3.63) is 12.3 Å². The molecule has 0 spiro atoms. The minimum atomic E-state index is 0.595. The Kier molecular flexibility index (Phi) is 2.15. The molecule has 0 amide bonds. The van der Waals surface area contributed by atoms with E-state index in [-0.39, 0.29) is 0 Å². The summed E-state index contributed by atoms with van der Waals surface area (Å²) < 4.78 is 5.46. The number of rotatable bonds is 1. The summed E-state index contributed by atoms with van der Waals surface area (Å²) in [6, 6.07) is 0. The Balaban J connectivity index is 1.95. The van der Waals surface area contributed by atoms with Gasteiger partial charge >= 0.3 is 0 Å². The molecular weight excluding hydrogens is 150 g/mol. The van der Waals surface area contributed by atoms with Crippen molar-refractivity contribution in [3.63, 3.8) is 0 Å². The topological polar surface area (TPSA) is 21.6 Å². The van der Waals surface area contributed by atoms with Crippen LogP contribution in [-0.4, -0.2) is 12.4 Å². The SMILES string of the molecule is C=C1CN=C(C2CCCCC2)O1. The molecule has 0 aromatic rings. The minimum Gasteiger partial charge on any atom is -0.446 e. The van der Waals surface area contributed by atoms with Gasteiger partial charge in [-0.05, 0) is 12.8 Å². The highest BCUT2D eigenvalue weighted by Crippen LogP contribution is 2.27. The molecule has 1 saturated carbocycles. The van der Waals surface area contributed by atoms with Gasteiger partial charge in [0.05, 0.1) is 0 Å². The Bertz CT molecular complexity index is 214. The monoisotopic (exact) mass is 165 g/mol. The third-order valence-electron chi connectivity index (χ3n) is 2.61. The normalized spacial score (nSPS) is 25.3. The van der Waals surface area contributed by atoms with E-state index in [1.54, 1.807) is 0 Å². The number of hydrogen-bond acceptors (Lipinski definition) is 2. The zero-order valence-electron chi connectivity index (χ0n) is 7.38. The van der Waals surface area contributed by atoms with E-state index in [0.717, 1.165) is 11.7 Å². The number of aliphatic imine (C=N–C) groups is 1. The predicted octanol–water partition coefficient (Wildman–Crippen LogP) is 2.51. The second-order valence-electron chi connectivity index (χ2n) is 3.63. The molecular formula is C10H15NO. The van der Waals surface area contributed by atoms with Crippen LogP contribution >= 0.6 is 0 Å². The second-order valence-corrected chi connectivity index (χ2v) is 3.63. The van der Waals surface area contributed by atoms with Crippen LogP contribution in [0.2, 0.25) is 0 Å². The maximum absolute atomic E-state index is 5.46. The average Bonchev–Trinajstić information content (AvgIpc) is 2.54. The summed E-state index contributed by atoms with van der Waals surface area (Å²) in [7, 11) is 0. The molecule has 1 aliphatic heterocycles. The van der Waals surface area contributed by atoms with Gasteiger partial charge in [0.15, 0.2) is 5.90 Å². The third kappa shape index (κ3) is 1.52. The van der Waals surface area contributed by atoms with Crippen LogP contribution in [0.25, 0.3) is 0 Å². The van der Waals surface area contributed by atoms with Crippen LogP contribution < -0.4 is 0 Å². The van der Waals surface area contributed by atoms with Gasteiger partial charge in [-0.1, -0.05) is 25.8 Å². The fourth-order valence-corrected chi connectivity index (χ4v) is 1.94. The molecule has 0 radical (unpaired) electrons. The third-order valence-corrected chi connectivity index (χ3v) is 2.61. The van der Waals surface area contributed by atoms with E-state index in [1.165, 1.54) is 32.1 Å². The summed E-state index contributed by atoms with van der Waals surface area (Å²) in [6.07, 6.45) is 6.56. The zero-order valence-corrected chi connectivity index (χ0v) is 7.38. The Morgan fingerprint density at radius 3 is 2.58 bits per heavy atom. The molecule has 1 aliphatic carbocycles. The maximum Gasteiger partial charge on any atom is 0.193 e. The molecule has 2 nitrogen and oxygen atoms in total. The Morgan fingerprint density at radius 1 is 1.25 bits per heavy atom. The fraction of sp³-hybridized carbons (Fsp3) is 0.700. The van der Waals surface area contributed by atoms with Crippen molar-refractivity contribution in [2.45, 2.75) is 32.1 Å². The summed E-state index contributed by atoms with van der Waals surface area (Å²) in [4.78, 5) is 4.34. The van der Waals surface area contributed by atoms with E-state index < -0.39 is 0 Å². The van der Waals surface area contributed by atoms with E-state index >= 15 is 0 Å². The number of ether oxygens (including phenoxy) is 1. The van der Waals surface area contributed by atoms with Gasteiger partial charge in [0.25, 0.3) is 0 Å². The number of hydrogen-bond donors (Lipinski definition) is 0. The molecule has 12 heavy (non-hydrogen) atoms. The van der Waals surface area contributed by atoms with Crippen LogP contribution in [0, 0.1) is 5.92 Å². The van der Waals surface area contributed by atoms with Crippen molar-refractivity contribution in [3.8, 4) is 0 Å². The average molecular weight is 165 g/mol. The van der Waals surface area contributed by atoms with E-state index in [9.17, 15) is 0 Å². The first-order valence-electron chi connectivity index (χ1n) is 4.76. The van der Waals surface area contributed by atoms with E-state index in [2.05, 4.69) is 11.6 Å². The molecule has 0 aromatic carbocycles. The Hall–Kier alpha value is -0.790. The summed E-state index contributed by atoms with van der Waals surface area (Å²) in [5, 5.41) is 0. The molecule has 0 N–H and O–H groups in total. The van der Waals surface area contributed by atoms with Crippen LogP contribution in [0.4, 0.5) is 0 Å². The van der Waals surface area contributed by atoms with Gasteiger partial charge in [0.2, 0.25) is 0 Å². The summed E-state index contributed by atoms with van der Waals surface area (Å²) in [5.74, 6) is 2.37. The molecule has 1 fully saturated rings. The Labute approximate surface area is 73.3 Å². The van der Waals surface area contributed by atoms with Gasteiger partial charge < -0.3 is 4.74 Å². The lowest BCUT2D eigenvalue weighted by Crippen LogP contribution is -2.17. The first kappa shape index (κ1) is 7.84. The molecule has 2 aliphatic rings. The lowest BCUT2D eigenvalue weighted by atomic mass is 9.89. The quantitative estimate of drug-likeness (QED) is 0.585. The van der Waals surface area contributed by atoms with E-state index in [1.807, 2.05) is 0 Å². The maximum atomic E-state index is 5.46. The molecule has 2 heteroatoms. The minimum absolute atomic E-state index is 0.595. The van der Waals surface area contributed by atoms with Crippen LogP contribution in [0.5, 0.6) is 0 Å². The molecule has 2 rings (SSSR count). The van der Waals surface area contributed by atoms with Crippen LogP contribution in [0.1, 0.15) is 32.1 Å². The second kappa shape index (κ2) is 3.30. The predicted molar refractivity (Wildman–Crippen MR) is 49.1 cm³/mol. The smallest absolute Gasteiger partial charge is 0.193 e. The van der Waals surface area contributed by atoms with Crippen molar-refractivity contribution in [1.29, 1.82) is 0 Å². The first-order valence-corrected chi connectivity index (χ1v) is 4.76. The van der Waals surface area contributed by atoms with Gasteiger partial charge in [0, 0.05) is 5.92 Å². The van der Waals surface area contributed by atoms with Crippen molar-refractivity contribution < 1.29 is 4.74 Å². The first-order chi connectivity index (χ1) is 5.86. The van der Waals surface area contributed by atoms with Crippen molar-refractivity contribution in [2.75, 3.05) is 6.54 Å².